The number of rotatable bonds is 12. The summed E-state index contributed by atoms with van der Waals surface area (Å²) in [6.45, 7) is 9.71. The van der Waals surface area contributed by atoms with Crippen molar-refractivity contribution in [1.29, 1.82) is 0 Å². The van der Waals surface area contributed by atoms with Gasteiger partial charge in [-0.2, -0.15) is 0 Å². The van der Waals surface area contributed by atoms with Crippen LogP contribution in [0.2, 0.25) is 0 Å². The molecule has 0 aromatic heterocycles. The van der Waals surface area contributed by atoms with Gasteiger partial charge in [-0.1, -0.05) is 71.4 Å². The van der Waals surface area contributed by atoms with Gasteiger partial charge in [0.25, 0.3) is 0 Å². The van der Waals surface area contributed by atoms with E-state index in [0.29, 0.717) is 31.3 Å². The Hall–Kier alpha value is -1.83. The van der Waals surface area contributed by atoms with Crippen LogP contribution in [-0.4, -0.2) is 54.9 Å². The Balaban J connectivity index is 1.48. The van der Waals surface area contributed by atoms with E-state index in [0.717, 1.165) is 50.6 Å². The van der Waals surface area contributed by atoms with E-state index in [9.17, 15) is 24.9 Å². The van der Waals surface area contributed by atoms with Gasteiger partial charge < -0.3 is 20.2 Å². The van der Waals surface area contributed by atoms with Gasteiger partial charge in [-0.05, 0) is 75.9 Å². The zero-order valence-corrected chi connectivity index (χ0v) is 26.3. The minimum absolute atomic E-state index is 0.0927. The van der Waals surface area contributed by atoms with Crippen LogP contribution in [0.25, 0.3) is 0 Å². The molecule has 9 atom stereocenters. The summed E-state index contributed by atoms with van der Waals surface area (Å²) in [5.74, 6) is -2.25. The largest absolute Gasteiger partial charge is 0.390 e. The lowest BCUT2D eigenvalue weighted by molar-refractivity contribution is -0.227. The number of halogens is 1. The summed E-state index contributed by atoms with van der Waals surface area (Å²) in [5.41, 5.74) is -6.43. The second-order valence-corrected chi connectivity index (χ2v) is 14.6. The fourth-order valence-electron chi connectivity index (χ4n) is 9.68. The summed E-state index contributed by atoms with van der Waals surface area (Å²) in [6.07, 6.45) is 13.9. The summed E-state index contributed by atoms with van der Waals surface area (Å²) in [6, 6.07) is 0. The second-order valence-electron chi connectivity index (χ2n) is 14.6. The van der Waals surface area contributed by atoms with Crippen LogP contribution in [0.3, 0.4) is 0 Å². The van der Waals surface area contributed by atoms with Crippen molar-refractivity contribution in [3.05, 3.63) is 35.7 Å². The number of carbonyl (C=O) groups is 2. The number of nitrogens with zero attached hydrogens (tertiary/aromatic N) is 1. The highest BCUT2D eigenvalue weighted by Gasteiger charge is 2.77. The van der Waals surface area contributed by atoms with Crippen molar-refractivity contribution in [2.45, 2.75) is 141 Å². The lowest BCUT2D eigenvalue weighted by Crippen LogP contribution is -2.71. The summed E-state index contributed by atoms with van der Waals surface area (Å²) in [7, 11) is 0. The first-order valence-electron chi connectivity index (χ1n) is 16.6. The lowest BCUT2D eigenvalue weighted by atomic mass is 9.44. The SMILES string of the molecule is CCCCCCC(O)(C(=O)C1(O)C(C)CC2C3CCC4=CC(=O)C=CC4(C)C3(F)C(O)CC21C)N1C=C1CCCCC. The second kappa shape index (κ2) is 11.0. The van der Waals surface area contributed by atoms with Crippen molar-refractivity contribution in [2.75, 3.05) is 0 Å². The van der Waals surface area contributed by atoms with E-state index in [1.807, 2.05) is 20.0 Å². The zero-order valence-electron chi connectivity index (χ0n) is 26.3. The molecule has 42 heavy (non-hydrogen) atoms. The summed E-state index contributed by atoms with van der Waals surface area (Å²) >= 11 is 0. The van der Waals surface area contributed by atoms with Crippen LogP contribution in [0.1, 0.15) is 118 Å². The molecule has 234 valence electrons. The molecule has 0 amide bonds. The molecule has 1 heterocycles. The fraction of sp³-hybridized carbons (Fsp3) is 0.771. The molecule has 0 aromatic rings. The molecule has 0 saturated heterocycles. The number of carbonyl (C=O) groups excluding carboxylic acids is 2. The van der Waals surface area contributed by atoms with Gasteiger partial charge >= 0.3 is 0 Å². The molecule has 1 aliphatic heterocycles. The topological polar surface area (TPSA) is 97.8 Å². The third-order valence-electron chi connectivity index (χ3n) is 12.3. The van der Waals surface area contributed by atoms with Gasteiger partial charge in [-0.15, -0.1) is 0 Å². The first-order valence-corrected chi connectivity index (χ1v) is 16.6. The fourth-order valence-corrected chi connectivity index (χ4v) is 9.68. The highest BCUT2D eigenvalue weighted by Crippen LogP contribution is 2.71. The maximum Gasteiger partial charge on any atom is 0.217 e. The van der Waals surface area contributed by atoms with Crippen LogP contribution in [0.5, 0.6) is 0 Å². The predicted octanol–water partition coefficient (Wildman–Crippen LogP) is 6.30. The number of fused-ring (bicyclic) bond motifs is 5. The molecule has 6 nitrogen and oxygen atoms in total. The van der Waals surface area contributed by atoms with E-state index >= 15 is 4.39 Å². The summed E-state index contributed by atoms with van der Waals surface area (Å²) < 4.78 is 17.6. The van der Waals surface area contributed by atoms with Crippen molar-refractivity contribution >= 4 is 11.6 Å². The van der Waals surface area contributed by atoms with Gasteiger partial charge in [-0.3, -0.25) is 9.59 Å². The van der Waals surface area contributed by atoms with E-state index < -0.39 is 51.5 Å². The normalized spacial score (nSPS) is 41.8. The van der Waals surface area contributed by atoms with Crippen LogP contribution in [0.15, 0.2) is 35.7 Å². The van der Waals surface area contributed by atoms with Crippen LogP contribution >= 0.6 is 0 Å². The molecule has 0 radical (unpaired) electrons. The number of hydrogen-bond acceptors (Lipinski definition) is 6. The number of aliphatic hydroxyl groups is 3. The van der Waals surface area contributed by atoms with Crippen molar-refractivity contribution in [3.63, 3.8) is 0 Å². The molecule has 3 saturated carbocycles. The number of ketones is 2. The van der Waals surface area contributed by atoms with Gasteiger partial charge in [0.05, 0.1) is 6.10 Å². The average molecular weight is 586 g/mol. The standard InChI is InChI=1S/C35H52FNO5/c1-6-8-10-12-17-33(41,37-22-25(37)13-11-9-7-2)30(40)35(42)23(3)19-28-27-15-14-24-20-26(38)16-18-31(24,4)34(27,36)29(39)21-32(28,35)5/h16,18,20,22-23,27-29,39,41-42H,6-15,17,19,21H2,1-5H3. The van der Waals surface area contributed by atoms with Crippen molar-refractivity contribution < 1.29 is 29.3 Å². The first-order chi connectivity index (χ1) is 19.8. The average Bonchev–Trinajstić information content (AvgIpc) is 3.70. The van der Waals surface area contributed by atoms with Crippen LogP contribution in [-0.2, 0) is 9.59 Å². The Morgan fingerprint density at radius 1 is 1.12 bits per heavy atom. The minimum Gasteiger partial charge on any atom is -0.390 e. The highest BCUT2D eigenvalue weighted by molar-refractivity contribution is 6.01. The van der Waals surface area contributed by atoms with Crippen molar-refractivity contribution in [1.82, 2.24) is 4.90 Å². The number of aliphatic hydroxyl groups excluding tert-OH is 1. The number of allylic oxidation sites excluding steroid dienone is 5. The maximum atomic E-state index is 17.6. The van der Waals surface area contributed by atoms with Gasteiger partial charge in [0.15, 0.2) is 11.5 Å². The Bertz CT molecular complexity index is 1200. The number of alkyl halides is 1. The van der Waals surface area contributed by atoms with E-state index in [2.05, 4.69) is 13.8 Å². The molecule has 4 aliphatic carbocycles. The van der Waals surface area contributed by atoms with Crippen LogP contribution in [0, 0.1) is 28.6 Å². The molecule has 0 aromatic carbocycles. The van der Waals surface area contributed by atoms with Crippen molar-refractivity contribution in [3.8, 4) is 0 Å². The quantitative estimate of drug-likeness (QED) is 0.233. The molecule has 0 spiro atoms. The molecule has 9 unspecified atom stereocenters. The third-order valence-corrected chi connectivity index (χ3v) is 12.3. The number of hydrogen-bond donors (Lipinski definition) is 3. The first kappa shape index (κ1) is 31.6. The van der Waals surface area contributed by atoms with Crippen LogP contribution < -0.4 is 0 Å². The van der Waals surface area contributed by atoms with Gasteiger partial charge in [-0.25, -0.2) is 4.39 Å². The maximum absolute atomic E-state index is 17.6. The minimum atomic E-state index is -2.03. The van der Waals surface area contributed by atoms with E-state index in [-0.39, 0.29) is 24.5 Å². The summed E-state index contributed by atoms with van der Waals surface area (Å²) in [5, 5.41) is 36.6. The van der Waals surface area contributed by atoms with E-state index in [1.165, 1.54) is 12.2 Å². The highest BCUT2D eigenvalue weighted by atomic mass is 19.1. The number of Topliss-reactive ketones (excluding diaryl/α,β-unsaturated/α-hetero) is 1. The predicted molar refractivity (Wildman–Crippen MR) is 161 cm³/mol. The molecule has 5 rings (SSSR count). The molecular formula is C35H52FNO5. The van der Waals surface area contributed by atoms with Gasteiger partial charge in [0.2, 0.25) is 11.5 Å². The molecule has 5 aliphatic rings. The Labute approximate surface area is 251 Å². The van der Waals surface area contributed by atoms with Gasteiger partial charge in [0, 0.05) is 35.1 Å². The van der Waals surface area contributed by atoms with E-state index in [1.54, 1.807) is 17.9 Å². The lowest BCUT2D eigenvalue weighted by Gasteiger charge is -2.62. The smallest absolute Gasteiger partial charge is 0.217 e. The Kier molecular flexibility index (Phi) is 8.24. The van der Waals surface area contributed by atoms with E-state index in [4.69, 9.17) is 0 Å². The zero-order chi connectivity index (χ0) is 30.7. The van der Waals surface area contributed by atoms with Gasteiger partial charge in [0.1, 0.15) is 5.60 Å². The van der Waals surface area contributed by atoms with Crippen molar-refractivity contribution in [2.24, 2.45) is 28.6 Å². The molecule has 0 bridgehead atoms. The molecular weight excluding hydrogens is 533 g/mol. The Morgan fingerprint density at radius 3 is 2.50 bits per heavy atom. The molecule has 3 fully saturated rings. The summed E-state index contributed by atoms with van der Waals surface area (Å²) in [4.78, 5) is 28.6. The molecule has 7 heteroatoms. The number of unbranched alkanes of at least 4 members (excludes halogenated alkanes) is 5. The Morgan fingerprint density at radius 2 is 1.81 bits per heavy atom. The third kappa shape index (κ3) is 4.34. The van der Waals surface area contributed by atoms with Crippen LogP contribution in [0.4, 0.5) is 4.39 Å². The molecule has 3 N–H and O–H groups in total. The monoisotopic (exact) mass is 585 g/mol.